The van der Waals surface area contributed by atoms with Crippen LogP contribution in [0, 0.1) is 5.92 Å². The number of aromatic nitrogens is 3. The standard InChI is InChI=1S/C14H27N5/c1-4-7-15-10-14-11-19(17-16-14)9-8-18(3)12(2)13-5-6-13/h11-13,15H,4-10H2,1-3H3. The summed E-state index contributed by atoms with van der Waals surface area (Å²) in [5, 5.41) is 11.7. The second-order valence-corrected chi connectivity index (χ2v) is 5.71. The Labute approximate surface area is 116 Å². The van der Waals surface area contributed by atoms with Crippen molar-refractivity contribution in [2.45, 2.75) is 52.2 Å². The van der Waals surface area contributed by atoms with E-state index in [1.54, 1.807) is 0 Å². The SMILES string of the molecule is CCCNCc1cn(CCN(C)C(C)C2CC2)nn1. The van der Waals surface area contributed by atoms with Crippen LogP contribution in [0.3, 0.4) is 0 Å². The molecule has 1 atom stereocenters. The fraction of sp³-hybridized carbons (Fsp3) is 0.857. The highest BCUT2D eigenvalue weighted by Gasteiger charge is 2.30. The minimum absolute atomic E-state index is 0.703. The van der Waals surface area contributed by atoms with Gasteiger partial charge in [-0.2, -0.15) is 0 Å². The van der Waals surface area contributed by atoms with E-state index in [1.165, 1.54) is 12.8 Å². The first-order valence-electron chi connectivity index (χ1n) is 7.50. The molecule has 108 valence electrons. The molecule has 0 spiro atoms. The molecule has 0 bridgehead atoms. The Morgan fingerprint density at radius 3 is 3.00 bits per heavy atom. The number of likely N-dealkylation sites (N-methyl/N-ethyl adjacent to an activating group) is 1. The largest absolute Gasteiger partial charge is 0.311 e. The highest BCUT2D eigenvalue weighted by molar-refractivity contribution is 4.91. The summed E-state index contributed by atoms with van der Waals surface area (Å²) in [7, 11) is 2.21. The maximum atomic E-state index is 4.19. The first-order valence-corrected chi connectivity index (χ1v) is 7.50. The van der Waals surface area contributed by atoms with Gasteiger partial charge in [0.25, 0.3) is 0 Å². The third-order valence-corrected chi connectivity index (χ3v) is 4.00. The molecule has 5 nitrogen and oxygen atoms in total. The summed E-state index contributed by atoms with van der Waals surface area (Å²) >= 11 is 0. The van der Waals surface area contributed by atoms with Crippen molar-refractivity contribution in [2.24, 2.45) is 5.92 Å². The number of nitrogens with one attached hydrogen (secondary N) is 1. The van der Waals surface area contributed by atoms with Gasteiger partial charge in [-0.05, 0) is 45.7 Å². The molecule has 1 fully saturated rings. The molecule has 0 aromatic carbocycles. The van der Waals surface area contributed by atoms with Crippen LogP contribution in [0.2, 0.25) is 0 Å². The molecule has 0 saturated heterocycles. The third-order valence-electron chi connectivity index (χ3n) is 4.00. The summed E-state index contributed by atoms with van der Waals surface area (Å²) in [6, 6.07) is 0.703. The Balaban J connectivity index is 1.70. The zero-order valence-electron chi connectivity index (χ0n) is 12.5. The summed E-state index contributed by atoms with van der Waals surface area (Å²) in [6.07, 6.45) is 6.01. The van der Waals surface area contributed by atoms with Gasteiger partial charge in [-0.1, -0.05) is 12.1 Å². The van der Waals surface area contributed by atoms with E-state index in [4.69, 9.17) is 0 Å². The molecule has 1 saturated carbocycles. The van der Waals surface area contributed by atoms with Crippen LogP contribution in [0.25, 0.3) is 0 Å². The first kappa shape index (κ1) is 14.5. The molecule has 1 unspecified atom stereocenters. The van der Waals surface area contributed by atoms with Crippen molar-refractivity contribution in [1.29, 1.82) is 0 Å². The molecule has 2 rings (SSSR count). The molecule has 0 radical (unpaired) electrons. The summed E-state index contributed by atoms with van der Waals surface area (Å²) in [5.41, 5.74) is 1.03. The smallest absolute Gasteiger partial charge is 0.0964 e. The van der Waals surface area contributed by atoms with E-state index < -0.39 is 0 Å². The maximum Gasteiger partial charge on any atom is 0.0964 e. The van der Waals surface area contributed by atoms with Crippen LogP contribution < -0.4 is 5.32 Å². The van der Waals surface area contributed by atoms with Gasteiger partial charge in [0.15, 0.2) is 0 Å². The van der Waals surface area contributed by atoms with Gasteiger partial charge in [-0.15, -0.1) is 5.10 Å². The van der Waals surface area contributed by atoms with Crippen molar-refractivity contribution in [3.63, 3.8) is 0 Å². The third kappa shape index (κ3) is 4.58. The van der Waals surface area contributed by atoms with Crippen LogP contribution in [0.4, 0.5) is 0 Å². The van der Waals surface area contributed by atoms with Gasteiger partial charge in [0, 0.05) is 25.3 Å². The van der Waals surface area contributed by atoms with Crippen LogP contribution in [0.15, 0.2) is 6.20 Å². The maximum absolute atomic E-state index is 4.19. The van der Waals surface area contributed by atoms with E-state index >= 15 is 0 Å². The lowest BCUT2D eigenvalue weighted by Crippen LogP contribution is -2.33. The molecular formula is C14H27N5. The van der Waals surface area contributed by atoms with Gasteiger partial charge >= 0.3 is 0 Å². The van der Waals surface area contributed by atoms with E-state index in [9.17, 15) is 0 Å². The summed E-state index contributed by atoms with van der Waals surface area (Å²) in [6.45, 7) is 8.33. The number of rotatable bonds is 9. The monoisotopic (exact) mass is 265 g/mol. The van der Waals surface area contributed by atoms with Gasteiger partial charge < -0.3 is 10.2 Å². The fourth-order valence-corrected chi connectivity index (χ4v) is 2.32. The van der Waals surface area contributed by atoms with Crippen LogP contribution in [0.1, 0.15) is 38.8 Å². The Bertz CT molecular complexity index is 372. The predicted octanol–water partition coefficient (Wildman–Crippen LogP) is 1.51. The molecule has 1 aliphatic rings. The highest BCUT2D eigenvalue weighted by Crippen LogP contribution is 2.34. The lowest BCUT2D eigenvalue weighted by Gasteiger charge is -2.24. The number of hydrogen-bond donors (Lipinski definition) is 1. The molecule has 1 aromatic rings. The summed E-state index contributed by atoms with van der Waals surface area (Å²) in [4.78, 5) is 2.44. The van der Waals surface area contributed by atoms with Crippen molar-refractivity contribution in [3.8, 4) is 0 Å². The van der Waals surface area contributed by atoms with Crippen molar-refractivity contribution >= 4 is 0 Å². The molecule has 5 heteroatoms. The van der Waals surface area contributed by atoms with Crippen molar-refractivity contribution < 1.29 is 0 Å². The average Bonchev–Trinajstić information content (AvgIpc) is 3.16. The van der Waals surface area contributed by atoms with Crippen LogP contribution in [-0.2, 0) is 13.1 Å². The Morgan fingerprint density at radius 1 is 1.53 bits per heavy atom. The molecule has 1 aromatic heterocycles. The Hall–Kier alpha value is -0.940. The Morgan fingerprint density at radius 2 is 2.32 bits per heavy atom. The topological polar surface area (TPSA) is 46.0 Å². The lowest BCUT2D eigenvalue weighted by atomic mass is 10.2. The van der Waals surface area contributed by atoms with Crippen molar-refractivity contribution in [3.05, 3.63) is 11.9 Å². The summed E-state index contributed by atoms with van der Waals surface area (Å²) in [5.74, 6) is 0.926. The predicted molar refractivity (Wildman–Crippen MR) is 76.8 cm³/mol. The van der Waals surface area contributed by atoms with Crippen LogP contribution in [0.5, 0.6) is 0 Å². The van der Waals surface area contributed by atoms with Crippen LogP contribution >= 0.6 is 0 Å². The molecule has 0 amide bonds. The van der Waals surface area contributed by atoms with E-state index in [2.05, 4.69) is 47.6 Å². The second-order valence-electron chi connectivity index (χ2n) is 5.71. The minimum atomic E-state index is 0.703. The van der Waals surface area contributed by atoms with Gasteiger partial charge in [0.1, 0.15) is 0 Å². The quantitative estimate of drug-likeness (QED) is 0.688. The fourth-order valence-electron chi connectivity index (χ4n) is 2.32. The van der Waals surface area contributed by atoms with Gasteiger partial charge in [0.05, 0.1) is 12.2 Å². The number of hydrogen-bond acceptors (Lipinski definition) is 4. The van der Waals surface area contributed by atoms with Crippen molar-refractivity contribution in [2.75, 3.05) is 20.1 Å². The Kier molecular flexibility index (Phi) is 5.34. The zero-order valence-corrected chi connectivity index (χ0v) is 12.5. The van der Waals surface area contributed by atoms with E-state index in [1.807, 2.05) is 4.68 Å². The van der Waals surface area contributed by atoms with Gasteiger partial charge in [-0.3, -0.25) is 4.68 Å². The molecule has 19 heavy (non-hydrogen) atoms. The molecular weight excluding hydrogens is 238 g/mol. The van der Waals surface area contributed by atoms with Crippen LogP contribution in [-0.4, -0.2) is 46.1 Å². The van der Waals surface area contributed by atoms with Gasteiger partial charge in [-0.25, -0.2) is 0 Å². The lowest BCUT2D eigenvalue weighted by molar-refractivity contribution is 0.222. The average molecular weight is 265 g/mol. The first-order chi connectivity index (χ1) is 9.20. The zero-order chi connectivity index (χ0) is 13.7. The molecule has 1 aliphatic carbocycles. The number of nitrogens with zero attached hydrogens (tertiary/aromatic N) is 4. The molecule has 0 aliphatic heterocycles. The minimum Gasteiger partial charge on any atom is -0.311 e. The van der Waals surface area contributed by atoms with Crippen molar-refractivity contribution in [1.82, 2.24) is 25.2 Å². The van der Waals surface area contributed by atoms with E-state index in [0.29, 0.717) is 6.04 Å². The van der Waals surface area contributed by atoms with Gasteiger partial charge in [0.2, 0.25) is 0 Å². The normalized spacial score (nSPS) is 17.1. The summed E-state index contributed by atoms with van der Waals surface area (Å²) < 4.78 is 1.96. The molecule has 1 heterocycles. The van der Waals surface area contributed by atoms with E-state index in [-0.39, 0.29) is 0 Å². The highest BCUT2D eigenvalue weighted by atomic mass is 15.4. The molecule has 1 N–H and O–H groups in total. The second kappa shape index (κ2) is 7.01. The van der Waals surface area contributed by atoms with E-state index in [0.717, 1.165) is 44.2 Å².